The summed E-state index contributed by atoms with van der Waals surface area (Å²) in [7, 11) is -3.87. The molecule has 0 saturated carbocycles. The summed E-state index contributed by atoms with van der Waals surface area (Å²) in [6.45, 7) is 5.71. The smallest absolute Gasteiger partial charge is 0.244 e. The number of hydrogen-bond donors (Lipinski definition) is 1. The van der Waals surface area contributed by atoms with Gasteiger partial charge < -0.3 is 10.2 Å². The van der Waals surface area contributed by atoms with Crippen molar-refractivity contribution in [1.29, 1.82) is 0 Å². The molecular weight excluding hydrogens is 481 g/mol. The van der Waals surface area contributed by atoms with Gasteiger partial charge in [0.05, 0.1) is 11.9 Å². The number of nitrogens with zero attached hydrogens (tertiary/aromatic N) is 2. The van der Waals surface area contributed by atoms with Crippen LogP contribution in [0.1, 0.15) is 32.8 Å². The van der Waals surface area contributed by atoms with Gasteiger partial charge in [-0.05, 0) is 54.3 Å². The van der Waals surface area contributed by atoms with Gasteiger partial charge in [0.25, 0.3) is 0 Å². The molecule has 0 aromatic heterocycles. The standard InChI is InChI=1S/C24H31ClFN3O4S/c1-5-22(24(31)27-14-17(2)3)28(15-18-6-8-19(25)9-7-18)23(30)16-29(34(4,32)33)21-12-10-20(26)11-13-21/h6-13,17,22H,5,14-16H2,1-4H3,(H,27,31)/t22-/m1/s1. The molecule has 2 aromatic carbocycles. The van der Waals surface area contributed by atoms with Crippen LogP contribution in [0.4, 0.5) is 10.1 Å². The van der Waals surface area contributed by atoms with Crippen LogP contribution in [-0.4, -0.2) is 50.5 Å². The van der Waals surface area contributed by atoms with Gasteiger partial charge in [0.1, 0.15) is 18.4 Å². The highest BCUT2D eigenvalue weighted by molar-refractivity contribution is 7.92. The van der Waals surface area contributed by atoms with Crippen LogP contribution in [-0.2, 0) is 26.2 Å². The molecule has 0 bridgehead atoms. The number of carbonyl (C=O) groups excluding carboxylic acids is 2. The molecule has 0 radical (unpaired) electrons. The van der Waals surface area contributed by atoms with Crippen LogP contribution in [0.15, 0.2) is 48.5 Å². The lowest BCUT2D eigenvalue weighted by Crippen LogP contribution is -2.52. The van der Waals surface area contributed by atoms with E-state index < -0.39 is 34.3 Å². The van der Waals surface area contributed by atoms with Gasteiger partial charge >= 0.3 is 0 Å². The highest BCUT2D eigenvalue weighted by Crippen LogP contribution is 2.20. The van der Waals surface area contributed by atoms with Crippen LogP contribution in [0.3, 0.4) is 0 Å². The zero-order chi connectivity index (χ0) is 25.5. The zero-order valence-electron chi connectivity index (χ0n) is 19.8. The quantitative estimate of drug-likeness (QED) is 0.497. The Bertz CT molecular complexity index is 1080. The molecule has 0 heterocycles. The third-order valence-corrected chi connectivity index (χ3v) is 6.52. The molecule has 0 aliphatic carbocycles. The molecule has 2 aromatic rings. The van der Waals surface area contributed by atoms with E-state index in [2.05, 4.69) is 5.32 Å². The van der Waals surface area contributed by atoms with E-state index in [1.807, 2.05) is 13.8 Å². The normalized spacial score (nSPS) is 12.3. The van der Waals surface area contributed by atoms with Gasteiger partial charge in [0.15, 0.2) is 0 Å². The van der Waals surface area contributed by atoms with E-state index in [0.717, 1.165) is 28.3 Å². The maximum absolute atomic E-state index is 13.5. The fourth-order valence-electron chi connectivity index (χ4n) is 3.35. The average Bonchev–Trinajstić information content (AvgIpc) is 2.77. The van der Waals surface area contributed by atoms with Crippen LogP contribution in [0.5, 0.6) is 0 Å². The predicted molar refractivity (Wildman–Crippen MR) is 133 cm³/mol. The Morgan fingerprint density at radius 1 is 1.06 bits per heavy atom. The van der Waals surface area contributed by atoms with Gasteiger partial charge in [-0.3, -0.25) is 13.9 Å². The minimum Gasteiger partial charge on any atom is -0.354 e. The molecule has 0 saturated heterocycles. The van der Waals surface area contributed by atoms with E-state index >= 15 is 0 Å². The molecule has 0 aliphatic heterocycles. The fourth-order valence-corrected chi connectivity index (χ4v) is 4.33. The van der Waals surface area contributed by atoms with Crippen molar-refractivity contribution >= 4 is 39.1 Å². The molecule has 0 unspecified atom stereocenters. The van der Waals surface area contributed by atoms with E-state index in [1.54, 1.807) is 31.2 Å². The molecule has 1 N–H and O–H groups in total. The third-order valence-electron chi connectivity index (χ3n) is 5.13. The van der Waals surface area contributed by atoms with Crippen molar-refractivity contribution in [3.05, 3.63) is 64.9 Å². The van der Waals surface area contributed by atoms with E-state index in [-0.39, 0.29) is 24.1 Å². The topological polar surface area (TPSA) is 86.8 Å². The largest absolute Gasteiger partial charge is 0.354 e. The molecule has 0 fully saturated rings. The van der Waals surface area contributed by atoms with Crippen LogP contribution in [0, 0.1) is 11.7 Å². The molecule has 186 valence electrons. The molecule has 10 heteroatoms. The second kappa shape index (κ2) is 12.2. The number of hydrogen-bond acceptors (Lipinski definition) is 4. The number of carbonyl (C=O) groups is 2. The number of halogens is 2. The number of anilines is 1. The second-order valence-corrected chi connectivity index (χ2v) is 10.8. The minimum absolute atomic E-state index is 0.0879. The van der Waals surface area contributed by atoms with Crippen molar-refractivity contribution in [2.45, 2.75) is 39.8 Å². The summed E-state index contributed by atoms with van der Waals surface area (Å²) in [5.74, 6) is -1.18. The third kappa shape index (κ3) is 7.99. The second-order valence-electron chi connectivity index (χ2n) is 8.46. The Morgan fingerprint density at radius 2 is 1.65 bits per heavy atom. The first kappa shape index (κ1) is 27.6. The Morgan fingerprint density at radius 3 is 2.15 bits per heavy atom. The van der Waals surface area contributed by atoms with Crippen molar-refractivity contribution in [2.75, 3.05) is 23.7 Å². The number of rotatable bonds is 11. The van der Waals surface area contributed by atoms with Gasteiger partial charge in [-0.2, -0.15) is 0 Å². The zero-order valence-corrected chi connectivity index (χ0v) is 21.4. The lowest BCUT2D eigenvalue weighted by Gasteiger charge is -2.33. The SMILES string of the molecule is CC[C@H](C(=O)NCC(C)C)N(Cc1ccc(Cl)cc1)C(=O)CN(c1ccc(F)cc1)S(C)(=O)=O. The van der Waals surface area contributed by atoms with Crippen LogP contribution >= 0.6 is 11.6 Å². The Balaban J connectivity index is 2.39. The highest BCUT2D eigenvalue weighted by atomic mass is 35.5. The average molecular weight is 512 g/mol. The molecule has 2 amide bonds. The van der Waals surface area contributed by atoms with Crippen molar-refractivity contribution in [3.8, 4) is 0 Å². The summed E-state index contributed by atoms with van der Waals surface area (Å²) in [6.07, 6.45) is 1.30. The van der Waals surface area contributed by atoms with Gasteiger partial charge in [-0.25, -0.2) is 12.8 Å². The van der Waals surface area contributed by atoms with Crippen LogP contribution < -0.4 is 9.62 Å². The van der Waals surface area contributed by atoms with Crippen LogP contribution in [0.25, 0.3) is 0 Å². The van der Waals surface area contributed by atoms with Gasteiger partial charge in [0.2, 0.25) is 21.8 Å². The van der Waals surface area contributed by atoms with E-state index in [9.17, 15) is 22.4 Å². The minimum atomic E-state index is -3.87. The number of benzene rings is 2. The van der Waals surface area contributed by atoms with Gasteiger partial charge in [-0.1, -0.05) is 44.5 Å². The number of sulfonamides is 1. The molecule has 1 atom stereocenters. The van der Waals surface area contributed by atoms with Crippen molar-refractivity contribution in [1.82, 2.24) is 10.2 Å². The molecule has 7 nitrogen and oxygen atoms in total. The monoisotopic (exact) mass is 511 g/mol. The Labute approximate surface area is 205 Å². The van der Waals surface area contributed by atoms with E-state index in [1.165, 1.54) is 17.0 Å². The van der Waals surface area contributed by atoms with Gasteiger partial charge in [-0.15, -0.1) is 0 Å². The number of nitrogens with one attached hydrogen (secondary N) is 1. The van der Waals surface area contributed by atoms with Gasteiger partial charge in [0, 0.05) is 18.1 Å². The lowest BCUT2D eigenvalue weighted by atomic mass is 10.1. The molecule has 0 aliphatic rings. The summed E-state index contributed by atoms with van der Waals surface area (Å²) in [6, 6.07) is 10.9. The summed E-state index contributed by atoms with van der Waals surface area (Å²) >= 11 is 5.98. The molecule has 34 heavy (non-hydrogen) atoms. The first-order chi connectivity index (χ1) is 15.9. The van der Waals surface area contributed by atoms with Crippen LogP contribution in [0.2, 0.25) is 5.02 Å². The first-order valence-electron chi connectivity index (χ1n) is 11.0. The molecule has 0 spiro atoms. The molecular formula is C24H31ClFN3O4S. The predicted octanol–water partition coefficient (Wildman–Crippen LogP) is 3.82. The lowest BCUT2D eigenvalue weighted by molar-refractivity contribution is -0.140. The number of amides is 2. The summed E-state index contributed by atoms with van der Waals surface area (Å²) in [5.41, 5.74) is 0.890. The molecule has 2 rings (SSSR count). The fraction of sp³-hybridized carbons (Fsp3) is 0.417. The van der Waals surface area contributed by atoms with E-state index in [4.69, 9.17) is 11.6 Å². The Kier molecular flexibility index (Phi) is 9.88. The Hall–Kier alpha value is -2.65. The van der Waals surface area contributed by atoms with Crippen molar-refractivity contribution in [3.63, 3.8) is 0 Å². The summed E-state index contributed by atoms with van der Waals surface area (Å²) in [4.78, 5) is 27.8. The summed E-state index contributed by atoms with van der Waals surface area (Å²) < 4.78 is 39.3. The summed E-state index contributed by atoms with van der Waals surface area (Å²) in [5, 5.41) is 3.39. The van der Waals surface area contributed by atoms with Crippen molar-refractivity contribution in [2.24, 2.45) is 5.92 Å². The van der Waals surface area contributed by atoms with Crippen molar-refractivity contribution < 1.29 is 22.4 Å². The van der Waals surface area contributed by atoms with E-state index in [0.29, 0.717) is 18.0 Å². The maximum atomic E-state index is 13.5. The maximum Gasteiger partial charge on any atom is 0.244 e. The first-order valence-corrected chi connectivity index (χ1v) is 13.2. The highest BCUT2D eigenvalue weighted by Gasteiger charge is 2.31.